The number of aliphatic carboxylic acids is 1. The number of fused-ring (bicyclic) bond motifs is 1. The van der Waals surface area contributed by atoms with Gasteiger partial charge in [0, 0.05) is 0 Å². The number of carbonyl (C=O) groups excluding carboxylic acids is 1. The van der Waals surface area contributed by atoms with Crippen LogP contribution < -0.4 is 5.32 Å². The third kappa shape index (κ3) is 2.51. The van der Waals surface area contributed by atoms with E-state index in [-0.39, 0.29) is 11.3 Å². The third-order valence-corrected chi connectivity index (χ3v) is 3.90. The second kappa shape index (κ2) is 5.49. The van der Waals surface area contributed by atoms with Crippen molar-refractivity contribution < 1.29 is 19.8 Å². The molecule has 3 rings (SSSR count). The molecule has 0 atom stereocenters. The molecule has 2 heterocycles. The van der Waals surface area contributed by atoms with Gasteiger partial charge in [0.1, 0.15) is 29.2 Å². The van der Waals surface area contributed by atoms with Gasteiger partial charge in [-0.15, -0.1) is 11.3 Å². The summed E-state index contributed by atoms with van der Waals surface area (Å²) in [6.07, 6.45) is 0. The van der Waals surface area contributed by atoms with Crippen molar-refractivity contribution in [2.24, 2.45) is 0 Å². The fraction of sp³-hybridized carbons (Fsp3) is 0.0714. The van der Waals surface area contributed by atoms with Gasteiger partial charge in [-0.2, -0.15) is 0 Å². The van der Waals surface area contributed by atoms with Gasteiger partial charge in [0.2, 0.25) is 0 Å². The lowest BCUT2D eigenvalue weighted by Crippen LogP contribution is -2.29. The number of imidazole rings is 1. The van der Waals surface area contributed by atoms with E-state index in [1.165, 1.54) is 23.5 Å². The minimum absolute atomic E-state index is 0.0277. The number of phenols is 1. The standard InChI is InChI=1S/C14H11N3O4S/c18-8-4-3-7(14(21)15-6-10(19)20)11-12(8)17-13(16-11)9-2-1-5-22-9/h1-5,18H,6H2,(H,15,21)(H,16,17)(H,19,20). The molecule has 1 amide bonds. The third-order valence-electron chi connectivity index (χ3n) is 3.02. The lowest BCUT2D eigenvalue weighted by atomic mass is 10.1. The van der Waals surface area contributed by atoms with E-state index < -0.39 is 18.4 Å². The van der Waals surface area contributed by atoms with Crippen molar-refractivity contribution in [3.05, 3.63) is 35.2 Å². The fourth-order valence-electron chi connectivity index (χ4n) is 2.04. The molecule has 1 aromatic carbocycles. The lowest BCUT2D eigenvalue weighted by molar-refractivity contribution is -0.135. The van der Waals surface area contributed by atoms with Crippen molar-refractivity contribution in [2.75, 3.05) is 6.54 Å². The molecule has 8 heteroatoms. The summed E-state index contributed by atoms with van der Waals surface area (Å²) >= 11 is 1.47. The molecule has 0 saturated heterocycles. The molecule has 7 nitrogen and oxygen atoms in total. The number of thiophene rings is 1. The molecule has 0 unspecified atom stereocenters. The lowest BCUT2D eigenvalue weighted by Gasteiger charge is -2.03. The Bertz CT molecular complexity index is 854. The first-order valence-electron chi connectivity index (χ1n) is 6.32. The number of H-pyrrole nitrogens is 1. The highest BCUT2D eigenvalue weighted by Gasteiger charge is 2.17. The van der Waals surface area contributed by atoms with Crippen LogP contribution in [0.15, 0.2) is 29.6 Å². The molecular weight excluding hydrogens is 306 g/mol. The van der Waals surface area contributed by atoms with Crippen LogP contribution in [0.5, 0.6) is 5.75 Å². The molecule has 0 fully saturated rings. The summed E-state index contributed by atoms with van der Waals surface area (Å²) in [5, 5.41) is 22.7. The number of phenolic OH excluding ortho intramolecular Hbond substituents is 1. The number of amides is 1. The highest BCUT2D eigenvalue weighted by atomic mass is 32.1. The van der Waals surface area contributed by atoms with Crippen molar-refractivity contribution in [3.63, 3.8) is 0 Å². The van der Waals surface area contributed by atoms with Gasteiger partial charge in [0.15, 0.2) is 0 Å². The number of aromatic amines is 1. The summed E-state index contributed by atoms with van der Waals surface area (Å²) in [6.45, 7) is -0.483. The Morgan fingerprint density at radius 2 is 2.14 bits per heavy atom. The molecule has 0 spiro atoms. The summed E-state index contributed by atoms with van der Waals surface area (Å²) in [6, 6.07) is 6.51. The van der Waals surface area contributed by atoms with Gasteiger partial charge in [-0.3, -0.25) is 9.59 Å². The number of carbonyl (C=O) groups is 2. The Balaban J connectivity index is 2.06. The predicted molar refractivity (Wildman–Crippen MR) is 81.0 cm³/mol. The molecular formula is C14H11N3O4S. The van der Waals surface area contributed by atoms with Crippen molar-refractivity contribution in [3.8, 4) is 16.5 Å². The van der Waals surface area contributed by atoms with Gasteiger partial charge in [-0.25, -0.2) is 4.98 Å². The molecule has 0 aliphatic heterocycles. The predicted octanol–water partition coefficient (Wildman–Crippen LogP) is 1.81. The van der Waals surface area contributed by atoms with E-state index in [0.29, 0.717) is 16.9 Å². The first-order chi connectivity index (χ1) is 10.6. The van der Waals surface area contributed by atoms with Crippen LogP contribution in [0.3, 0.4) is 0 Å². The first-order valence-corrected chi connectivity index (χ1v) is 7.20. The summed E-state index contributed by atoms with van der Waals surface area (Å²) in [7, 11) is 0. The number of hydrogen-bond donors (Lipinski definition) is 4. The van der Waals surface area contributed by atoms with Gasteiger partial charge >= 0.3 is 5.97 Å². The highest BCUT2D eigenvalue weighted by molar-refractivity contribution is 7.13. The van der Waals surface area contributed by atoms with Crippen LogP contribution in [0.25, 0.3) is 21.7 Å². The molecule has 0 radical (unpaired) electrons. The average molecular weight is 317 g/mol. The maximum absolute atomic E-state index is 12.1. The van der Waals surface area contributed by atoms with Gasteiger partial charge in [0.25, 0.3) is 5.91 Å². The topological polar surface area (TPSA) is 115 Å². The zero-order valence-corrected chi connectivity index (χ0v) is 12.0. The molecule has 22 heavy (non-hydrogen) atoms. The number of aromatic nitrogens is 2. The number of aromatic hydroxyl groups is 1. The maximum Gasteiger partial charge on any atom is 0.322 e. The molecule has 2 aromatic heterocycles. The Morgan fingerprint density at radius 1 is 1.32 bits per heavy atom. The van der Waals surface area contributed by atoms with E-state index in [0.717, 1.165) is 4.88 Å². The van der Waals surface area contributed by atoms with E-state index in [1.54, 1.807) is 0 Å². The number of hydrogen-bond acceptors (Lipinski definition) is 5. The number of nitrogens with zero attached hydrogens (tertiary/aromatic N) is 1. The average Bonchev–Trinajstić information content (AvgIpc) is 3.14. The first kappa shape index (κ1) is 14.1. The molecule has 3 aromatic rings. The van der Waals surface area contributed by atoms with Crippen LogP contribution in [-0.4, -0.2) is 38.6 Å². The number of benzene rings is 1. The SMILES string of the molecule is O=C(O)CNC(=O)c1ccc(O)c2[nH]c(-c3cccs3)nc12. The molecule has 4 N–H and O–H groups in total. The number of carboxylic acids is 1. The molecule has 0 aliphatic rings. The Hall–Kier alpha value is -2.87. The zero-order valence-electron chi connectivity index (χ0n) is 11.2. The van der Waals surface area contributed by atoms with E-state index in [2.05, 4.69) is 15.3 Å². The largest absolute Gasteiger partial charge is 0.506 e. The summed E-state index contributed by atoms with van der Waals surface area (Å²) in [5.74, 6) is -1.18. The minimum Gasteiger partial charge on any atom is -0.506 e. The van der Waals surface area contributed by atoms with Crippen LogP contribution in [0.1, 0.15) is 10.4 Å². The molecule has 0 saturated carbocycles. The van der Waals surface area contributed by atoms with Crippen molar-refractivity contribution >= 4 is 34.2 Å². The second-order valence-electron chi connectivity index (χ2n) is 4.49. The van der Waals surface area contributed by atoms with E-state index in [4.69, 9.17) is 5.11 Å². The molecule has 0 bridgehead atoms. The quantitative estimate of drug-likeness (QED) is 0.586. The van der Waals surface area contributed by atoms with Crippen molar-refractivity contribution in [1.82, 2.24) is 15.3 Å². The summed E-state index contributed by atoms with van der Waals surface area (Å²) in [4.78, 5) is 30.8. The van der Waals surface area contributed by atoms with Gasteiger partial charge in [-0.05, 0) is 23.6 Å². The zero-order chi connectivity index (χ0) is 15.7. The molecule has 0 aliphatic carbocycles. The number of nitrogens with one attached hydrogen (secondary N) is 2. The highest BCUT2D eigenvalue weighted by Crippen LogP contribution is 2.30. The smallest absolute Gasteiger partial charge is 0.322 e. The minimum atomic E-state index is -1.13. The fourth-order valence-corrected chi connectivity index (χ4v) is 2.71. The maximum atomic E-state index is 12.1. The van der Waals surface area contributed by atoms with Crippen LogP contribution >= 0.6 is 11.3 Å². The number of rotatable bonds is 4. The number of carboxylic acid groups (broad SMARTS) is 1. The van der Waals surface area contributed by atoms with Crippen LogP contribution in [0.4, 0.5) is 0 Å². The van der Waals surface area contributed by atoms with Crippen molar-refractivity contribution in [2.45, 2.75) is 0 Å². The van der Waals surface area contributed by atoms with Gasteiger partial charge in [0.05, 0.1) is 10.4 Å². The normalized spacial score (nSPS) is 10.7. The van der Waals surface area contributed by atoms with E-state index >= 15 is 0 Å². The Labute approximate surface area is 128 Å². The van der Waals surface area contributed by atoms with E-state index in [1.807, 2.05) is 17.5 Å². The second-order valence-corrected chi connectivity index (χ2v) is 5.44. The van der Waals surface area contributed by atoms with Crippen LogP contribution in [0, 0.1) is 0 Å². The van der Waals surface area contributed by atoms with Crippen LogP contribution in [-0.2, 0) is 4.79 Å². The van der Waals surface area contributed by atoms with Gasteiger partial charge < -0.3 is 20.5 Å². The molecule has 112 valence electrons. The van der Waals surface area contributed by atoms with Crippen LogP contribution in [0.2, 0.25) is 0 Å². The summed E-state index contributed by atoms with van der Waals surface area (Å²) < 4.78 is 0. The Kier molecular flexibility index (Phi) is 3.51. The Morgan fingerprint density at radius 3 is 2.82 bits per heavy atom. The monoisotopic (exact) mass is 317 g/mol. The van der Waals surface area contributed by atoms with Gasteiger partial charge in [-0.1, -0.05) is 6.07 Å². The van der Waals surface area contributed by atoms with Crippen molar-refractivity contribution in [1.29, 1.82) is 0 Å². The summed E-state index contributed by atoms with van der Waals surface area (Å²) in [5.41, 5.74) is 0.839. The van der Waals surface area contributed by atoms with E-state index in [9.17, 15) is 14.7 Å².